The number of nitrogens with one attached hydrogen (secondary N) is 1. The lowest BCUT2D eigenvalue weighted by Gasteiger charge is -2.19. The molecule has 0 unspecified atom stereocenters. The molecule has 1 N–H and O–H groups in total. The van der Waals surface area contributed by atoms with Gasteiger partial charge in [-0.25, -0.2) is 0 Å². The number of nitrogens with zero attached hydrogens (tertiary/aromatic N) is 1. The first-order chi connectivity index (χ1) is 12.8. The molecule has 5 nitrogen and oxygen atoms in total. The highest BCUT2D eigenvalue weighted by molar-refractivity contribution is 6.34. The van der Waals surface area contributed by atoms with Crippen LogP contribution in [-0.2, 0) is 4.79 Å². The first-order valence-electron chi connectivity index (χ1n) is 8.94. The Balaban J connectivity index is 1.98. The summed E-state index contributed by atoms with van der Waals surface area (Å²) in [5, 5.41) is 3.03. The standard InChI is InChI=1S/C21H25ClN2O3/c1-5-24(6-2)21(26)18-10-8-16(12-19(18)22)23-20(25)13-27-17-9-7-14(3)15(4)11-17/h7-12H,5-6,13H2,1-4H3,(H,23,25). The van der Waals surface area contributed by atoms with Crippen molar-refractivity contribution in [2.24, 2.45) is 0 Å². The second-order valence-electron chi connectivity index (χ2n) is 6.25. The zero-order chi connectivity index (χ0) is 20.0. The smallest absolute Gasteiger partial charge is 0.262 e. The molecule has 0 saturated carbocycles. The average molecular weight is 389 g/mol. The van der Waals surface area contributed by atoms with Gasteiger partial charge in [-0.15, -0.1) is 0 Å². The van der Waals surface area contributed by atoms with Gasteiger partial charge in [-0.1, -0.05) is 17.7 Å². The van der Waals surface area contributed by atoms with E-state index in [1.165, 1.54) is 5.56 Å². The number of halogens is 1. The molecule has 27 heavy (non-hydrogen) atoms. The Hall–Kier alpha value is -2.53. The maximum Gasteiger partial charge on any atom is 0.262 e. The van der Waals surface area contributed by atoms with Gasteiger partial charge in [0.25, 0.3) is 11.8 Å². The van der Waals surface area contributed by atoms with Gasteiger partial charge in [-0.2, -0.15) is 0 Å². The highest BCUT2D eigenvalue weighted by atomic mass is 35.5. The molecule has 0 aliphatic heterocycles. The molecule has 0 radical (unpaired) electrons. The zero-order valence-electron chi connectivity index (χ0n) is 16.1. The van der Waals surface area contributed by atoms with Crippen LogP contribution < -0.4 is 10.1 Å². The van der Waals surface area contributed by atoms with Crippen LogP contribution in [-0.4, -0.2) is 36.4 Å². The Labute approximate surface area is 165 Å². The molecular weight excluding hydrogens is 364 g/mol. The molecule has 0 bridgehead atoms. The number of amides is 2. The fraction of sp³-hybridized carbons (Fsp3) is 0.333. The van der Waals surface area contributed by atoms with Crippen LogP contribution in [0, 0.1) is 13.8 Å². The van der Waals surface area contributed by atoms with Crippen LogP contribution in [0.2, 0.25) is 5.02 Å². The van der Waals surface area contributed by atoms with Crippen molar-refractivity contribution in [2.75, 3.05) is 25.0 Å². The number of ether oxygens (including phenoxy) is 1. The van der Waals surface area contributed by atoms with Gasteiger partial charge in [0, 0.05) is 18.8 Å². The van der Waals surface area contributed by atoms with Crippen LogP contribution in [0.15, 0.2) is 36.4 Å². The largest absolute Gasteiger partial charge is 0.484 e. The Bertz CT molecular complexity index is 832. The van der Waals surface area contributed by atoms with Crippen molar-refractivity contribution in [3.63, 3.8) is 0 Å². The molecule has 2 amide bonds. The van der Waals surface area contributed by atoms with Crippen LogP contribution in [0.5, 0.6) is 5.75 Å². The maximum atomic E-state index is 12.4. The number of hydrogen-bond acceptors (Lipinski definition) is 3. The Morgan fingerprint density at radius 3 is 2.33 bits per heavy atom. The predicted octanol–water partition coefficient (Wildman–Crippen LogP) is 4.46. The quantitative estimate of drug-likeness (QED) is 0.761. The molecule has 6 heteroatoms. The number of carbonyl (C=O) groups excluding carboxylic acids is 2. The molecule has 0 spiro atoms. The van der Waals surface area contributed by atoms with E-state index in [0.29, 0.717) is 35.1 Å². The summed E-state index contributed by atoms with van der Waals surface area (Å²) in [6, 6.07) is 10.5. The van der Waals surface area contributed by atoms with E-state index >= 15 is 0 Å². The first kappa shape index (κ1) is 20.8. The third kappa shape index (κ3) is 5.47. The highest BCUT2D eigenvalue weighted by Crippen LogP contribution is 2.23. The van der Waals surface area contributed by atoms with Gasteiger partial charge < -0.3 is 15.0 Å². The number of hydrogen-bond donors (Lipinski definition) is 1. The van der Waals surface area contributed by atoms with Crippen LogP contribution in [0.1, 0.15) is 35.3 Å². The summed E-state index contributed by atoms with van der Waals surface area (Å²) in [6.07, 6.45) is 0. The molecular formula is C21H25ClN2O3. The lowest BCUT2D eigenvalue weighted by molar-refractivity contribution is -0.118. The zero-order valence-corrected chi connectivity index (χ0v) is 16.9. The van der Waals surface area contributed by atoms with Gasteiger partial charge in [0.1, 0.15) is 5.75 Å². The normalized spacial score (nSPS) is 10.4. The van der Waals surface area contributed by atoms with Gasteiger partial charge >= 0.3 is 0 Å². The van der Waals surface area contributed by atoms with Crippen molar-refractivity contribution in [3.05, 3.63) is 58.1 Å². The molecule has 0 aliphatic carbocycles. The monoisotopic (exact) mass is 388 g/mol. The Morgan fingerprint density at radius 1 is 1.04 bits per heavy atom. The number of anilines is 1. The minimum Gasteiger partial charge on any atom is -0.484 e. The lowest BCUT2D eigenvalue weighted by Crippen LogP contribution is -2.30. The molecule has 0 atom stereocenters. The summed E-state index contributed by atoms with van der Waals surface area (Å²) in [6.45, 7) is 8.95. The molecule has 2 aromatic carbocycles. The molecule has 0 heterocycles. The van der Waals surface area contributed by atoms with Crippen molar-refractivity contribution in [1.29, 1.82) is 0 Å². The number of carbonyl (C=O) groups is 2. The van der Waals surface area contributed by atoms with Gasteiger partial charge in [-0.05, 0) is 69.2 Å². The third-order valence-electron chi connectivity index (χ3n) is 4.38. The van der Waals surface area contributed by atoms with Crippen molar-refractivity contribution < 1.29 is 14.3 Å². The van der Waals surface area contributed by atoms with E-state index in [-0.39, 0.29) is 18.4 Å². The first-order valence-corrected chi connectivity index (χ1v) is 9.32. The van der Waals surface area contributed by atoms with Crippen molar-refractivity contribution in [1.82, 2.24) is 4.90 Å². The molecule has 0 aliphatic rings. The molecule has 0 aromatic heterocycles. The fourth-order valence-electron chi connectivity index (χ4n) is 2.60. The molecule has 0 fully saturated rings. The predicted molar refractivity (Wildman–Crippen MR) is 109 cm³/mol. The van der Waals surface area contributed by atoms with Crippen molar-refractivity contribution in [2.45, 2.75) is 27.7 Å². The second-order valence-corrected chi connectivity index (χ2v) is 6.66. The number of benzene rings is 2. The van der Waals surface area contributed by atoms with E-state index in [1.807, 2.05) is 45.9 Å². The van der Waals surface area contributed by atoms with E-state index in [0.717, 1.165) is 5.56 Å². The highest BCUT2D eigenvalue weighted by Gasteiger charge is 2.16. The summed E-state index contributed by atoms with van der Waals surface area (Å²) in [5.74, 6) is 0.222. The van der Waals surface area contributed by atoms with Crippen LogP contribution in [0.25, 0.3) is 0 Å². The summed E-state index contributed by atoms with van der Waals surface area (Å²) >= 11 is 6.24. The van der Waals surface area contributed by atoms with Gasteiger partial charge in [-0.3, -0.25) is 9.59 Å². The Kier molecular flexibility index (Phi) is 7.25. The fourth-order valence-corrected chi connectivity index (χ4v) is 2.86. The maximum absolute atomic E-state index is 12.4. The number of rotatable bonds is 7. The van der Waals surface area contributed by atoms with E-state index in [2.05, 4.69) is 5.32 Å². The summed E-state index contributed by atoms with van der Waals surface area (Å²) in [7, 11) is 0. The minimum atomic E-state index is -0.299. The summed E-state index contributed by atoms with van der Waals surface area (Å²) < 4.78 is 5.52. The van der Waals surface area contributed by atoms with E-state index < -0.39 is 0 Å². The number of aryl methyl sites for hydroxylation is 2. The van der Waals surface area contributed by atoms with Crippen LogP contribution in [0.4, 0.5) is 5.69 Å². The van der Waals surface area contributed by atoms with Crippen molar-refractivity contribution >= 4 is 29.1 Å². The van der Waals surface area contributed by atoms with E-state index in [1.54, 1.807) is 23.1 Å². The second kappa shape index (κ2) is 9.42. The van der Waals surface area contributed by atoms with Gasteiger partial charge in [0.2, 0.25) is 0 Å². The summed E-state index contributed by atoms with van der Waals surface area (Å²) in [4.78, 5) is 26.2. The topological polar surface area (TPSA) is 58.6 Å². The molecule has 2 aromatic rings. The Morgan fingerprint density at radius 2 is 1.74 bits per heavy atom. The van der Waals surface area contributed by atoms with Crippen LogP contribution in [0.3, 0.4) is 0 Å². The third-order valence-corrected chi connectivity index (χ3v) is 4.69. The van der Waals surface area contributed by atoms with Gasteiger partial charge in [0.15, 0.2) is 6.61 Å². The lowest BCUT2D eigenvalue weighted by atomic mass is 10.1. The molecule has 0 saturated heterocycles. The summed E-state index contributed by atoms with van der Waals surface area (Å²) in [5.41, 5.74) is 3.21. The van der Waals surface area contributed by atoms with E-state index in [9.17, 15) is 9.59 Å². The van der Waals surface area contributed by atoms with Gasteiger partial charge in [0.05, 0.1) is 10.6 Å². The van der Waals surface area contributed by atoms with E-state index in [4.69, 9.17) is 16.3 Å². The molecule has 144 valence electrons. The van der Waals surface area contributed by atoms with Crippen molar-refractivity contribution in [3.8, 4) is 5.75 Å². The minimum absolute atomic E-state index is 0.111. The van der Waals surface area contributed by atoms with Crippen LogP contribution >= 0.6 is 11.6 Å². The average Bonchev–Trinajstić information content (AvgIpc) is 2.63. The molecule has 2 rings (SSSR count). The SMILES string of the molecule is CCN(CC)C(=O)c1ccc(NC(=O)COc2ccc(C)c(C)c2)cc1Cl.